The molecule has 0 unspecified atom stereocenters. The van der Waals surface area contributed by atoms with E-state index in [9.17, 15) is 4.39 Å². The normalized spacial score (nSPS) is 11.0. The molecule has 5 heteroatoms. The van der Waals surface area contributed by atoms with E-state index in [2.05, 4.69) is 21.2 Å². The number of H-pyrrole nitrogens is 1. The predicted molar refractivity (Wildman–Crippen MR) is 101 cm³/mol. The van der Waals surface area contributed by atoms with Crippen LogP contribution >= 0.6 is 0 Å². The molecule has 4 aromatic rings. The number of ether oxygens (including phenoxy) is 1. The summed E-state index contributed by atoms with van der Waals surface area (Å²) in [7, 11) is 0. The van der Waals surface area contributed by atoms with E-state index in [0.29, 0.717) is 17.9 Å². The number of nitrogens with zero attached hydrogens (tertiary/aromatic N) is 2. The van der Waals surface area contributed by atoms with Gasteiger partial charge in [0.05, 0.1) is 30.2 Å². The molecular formula is C21H18FN3O. The predicted octanol–water partition coefficient (Wildman–Crippen LogP) is 5.14. The molecule has 0 aliphatic rings. The Hall–Kier alpha value is -3.21. The second-order valence-corrected chi connectivity index (χ2v) is 6.14. The number of fused-ring (bicyclic) bond motifs is 1. The minimum absolute atomic E-state index is 0.221. The maximum absolute atomic E-state index is 13.7. The zero-order valence-corrected chi connectivity index (χ0v) is 14.6. The standard InChI is InChI=1S/C21H18FN3O/c1-3-26-17-10-18(14-5-7-20-16(9-14)11-24-25-20)21(23-12-17)15-4-6-19(22)13(2)8-15/h4-12H,3H2,1-2H3,(H,24,25). The third-order valence-corrected chi connectivity index (χ3v) is 4.36. The van der Waals surface area contributed by atoms with Crippen LogP contribution in [0.4, 0.5) is 4.39 Å². The van der Waals surface area contributed by atoms with Crippen molar-refractivity contribution in [2.75, 3.05) is 6.61 Å². The molecule has 0 radical (unpaired) electrons. The van der Waals surface area contributed by atoms with Crippen LogP contribution in [0.15, 0.2) is 54.9 Å². The SMILES string of the molecule is CCOc1cnc(-c2ccc(F)c(C)c2)c(-c2ccc3[nH]ncc3c2)c1. The second kappa shape index (κ2) is 6.59. The lowest BCUT2D eigenvalue weighted by Crippen LogP contribution is -1.96. The first-order valence-corrected chi connectivity index (χ1v) is 8.48. The highest BCUT2D eigenvalue weighted by molar-refractivity contribution is 5.88. The molecule has 1 N–H and O–H groups in total. The van der Waals surface area contributed by atoms with Gasteiger partial charge in [0.2, 0.25) is 0 Å². The van der Waals surface area contributed by atoms with Crippen LogP contribution in [0.2, 0.25) is 0 Å². The number of benzene rings is 2. The van der Waals surface area contributed by atoms with Gasteiger partial charge in [-0.15, -0.1) is 0 Å². The maximum Gasteiger partial charge on any atom is 0.138 e. The van der Waals surface area contributed by atoms with Crippen molar-refractivity contribution in [3.05, 3.63) is 66.2 Å². The lowest BCUT2D eigenvalue weighted by molar-refractivity contribution is 0.339. The van der Waals surface area contributed by atoms with Crippen molar-refractivity contribution in [2.24, 2.45) is 0 Å². The quantitative estimate of drug-likeness (QED) is 0.556. The van der Waals surface area contributed by atoms with Crippen LogP contribution in [0.25, 0.3) is 33.3 Å². The molecule has 26 heavy (non-hydrogen) atoms. The number of aromatic nitrogens is 3. The summed E-state index contributed by atoms with van der Waals surface area (Å²) in [5, 5.41) is 8.05. The molecule has 0 bridgehead atoms. The van der Waals surface area contributed by atoms with Gasteiger partial charge in [0.1, 0.15) is 11.6 Å². The highest BCUT2D eigenvalue weighted by Crippen LogP contribution is 2.35. The van der Waals surface area contributed by atoms with Crippen molar-refractivity contribution in [1.82, 2.24) is 15.2 Å². The Morgan fingerprint density at radius 1 is 1.04 bits per heavy atom. The number of hydrogen-bond donors (Lipinski definition) is 1. The van der Waals surface area contributed by atoms with E-state index in [-0.39, 0.29) is 5.82 Å². The fourth-order valence-corrected chi connectivity index (χ4v) is 3.04. The molecule has 0 aliphatic carbocycles. The highest BCUT2D eigenvalue weighted by atomic mass is 19.1. The van der Waals surface area contributed by atoms with Crippen LogP contribution in [-0.2, 0) is 0 Å². The second-order valence-electron chi connectivity index (χ2n) is 6.14. The summed E-state index contributed by atoms with van der Waals surface area (Å²) in [6.45, 7) is 4.26. The molecule has 0 spiro atoms. The molecule has 0 fully saturated rings. The van der Waals surface area contributed by atoms with Gasteiger partial charge in [-0.1, -0.05) is 6.07 Å². The Morgan fingerprint density at radius 3 is 2.69 bits per heavy atom. The van der Waals surface area contributed by atoms with Crippen LogP contribution in [0.1, 0.15) is 12.5 Å². The Morgan fingerprint density at radius 2 is 1.88 bits per heavy atom. The maximum atomic E-state index is 13.7. The first kappa shape index (κ1) is 16.3. The van der Waals surface area contributed by atoms with Crippen LogP contribution in [0.5, 0.6) is 5.75 Å². The van der Waals surface area contributed by atoms with E-state index in [1.165, 1.54) is 6.07 Å². The van der Waals surface area contributed by atoms with Gasteiger partial charge in [-0.2, -0.15) is 5.10 Å². The molecule has 0 amide bonds. The zero-order chi connectivity index (χ0) is 18.1. The minimum atomic E-state index is -0.221. The smallest absolute Gasteiger partial charge is 0.138 e. The summed E-state index contributed by atoms with van der Waals surface area (Å²) in [5.41, 5.74) is 5.17. The average Bonchev–Trinajstić information content (AvgIpc) is 3.12. The van der Waals surface area contributed by atoms with Crippen LogP contribution in [-0.4, -0.2) is 21.8 Å². The molecule has 0 saturated carbocycles. The number of aryl methyl sites for hydroxylation is 1. The van der Waals surface area contributed by atoms with E-state index in [4.69, 9.17) is 4.74 Å². The first-order valence-electron chi connectivity index (χ1n) is 8.48. The van der Waals surface area contributed by atoms with Crippen molar-refractivity contribution in [3.8, 4) is 28.1 Å². The van der Waals surface area contributed by atoms with E-state index in [0.717, 1.165) is 33.3 Å². The average molecular weight is 347 g/mol. The number of aromatic amines is 1. The van der Waals surface area contributed by atoms with E-state index >= 15 is 0 Å². The van der Waals surface area contributed by atoms with Crippen LogP contribution in [0.3, 0.4) is 0 Å². The van der Waals surface area contributed by atoms with Gasteiger partial charge in [0.15, 0.2) is 0 Å². The molecule has 0 aliphatic heterocycles. The Kier molecular flexibility index (Phi) is 4.13. The zero-order valence-electron chi connectivity index (χ0n) is 14.6. The van der Waals surface area contributed by atoms with Gasteiger partial charge in [-0.25, -0.2) is 4.39 Å². The van der Waals surface area contributed by atoms with Gasteiger partial charge in [-0.05, 0) is 61.4 Å². The summed E-state index contributed by atoms with van der Waals surface area (Å²) in [4.78, 5) is 4.61. The number of hydrogen-bond acceptors (Lipinski definition) is 3. The van der Waals surface area contributed by atoms with Gasteiger partial charge >= 0.3 is 0 Å². The number of pyridine rings is 1. The Balaban J connectivity index is 1.91. The van der Waals surface area contributed by atoms with Gasteiger partial charge in [0.25, 0.3) is 0 Å². The third kappa shape index (κ3) is 2.92. The fourth-order valence-electron chi connectivity index (χ4n) is 3.04. The molecule has 130 valence electrons. The molecule has 2 aromatic heterocycles. The Bertz CT molecular complexity index is 1090. The lowest BCUT2D eigenvalue weighted by Gasteiger charge is -2.13. The van der Waals surface area contributed by atoms with Crippen molar-refractivity contribution in [3.63, 3.8) is 0 Å². The van der Waals surface area contributed by atoms with Gasteiger partial charge in [0, 0.05) is 16.5 Å². The third-order valence-electron chi connectivity index (χ3n) is 4.36. The Labute approximate surface area is 150 Å². The van der Waals surface area contributed by atoms with Gasteiger partial charge < -0.3 is 4.74 Å². The summed E-state index contributed by atoms with van der Waals surface area (Å²) in [5.74, 6) is 0.485. The number of nitrogens with one attached hydrogen (secondary N) is 1. The summed E-state index contributed by atoms with van der Waals surface area (Å²) in [6, 6.07) is 13.1. The van der Waals surface area contributed by atoms with Gasteiger partial charge in [-0.3, -0.25) is 10.1 Å². The van der Waals surface area contributed by atoms with Crippen molar-refractivity contribution >= 4 is 10.9 Å². The molecule has 4 nitrogen and oxygen atoms in total. The largest absolute Gasteiger partial charge is 0.492 e. The van der Waals surface area contributed by atoms with E-state index < -0.39 is 0 Å². The monoisotopic (exact) mass is 347 g/mol. The molecule has 4 rings (SSSR count). The minimum Gasteiger partial charge on any atom is -0.492 e. The summed E-state index contributed by atoms with van der Waals surface area (Å²) >= 11 is 0. The molecule has 2 aromatic carbocycles. The van der Waals surface area contributed by atoms with E-state index in [1.54, 1.807) is 25.4 Å². The number of rotatable bonds is 4. The highest BCUT2D eigenvalue weighted by Gasteiger charge is 2.13. The van der Waals surface area contributed by atoms with Crippen LogP contribution in [0, 0.1) is 12.7 Å². The molecular weight excluding hydrogens is 329 g/mol. The van der Waals surface area contributed by atoms with Crippen LogP contribution < -0.4 is 4.74 Å². The topological polar surface area (TPSA) is 50.8 Å². The molecule has 2 heterocycles. The fraction of sp³-hybridized carbons (Fsp3) is 0.143. The van der Waals surface area contributed by atoms with Crippen molar-refractivity contribution in [1.29, 1.82) is 0 Å². The number of halogens is 1. The first-order chi connectivity index (χ1) is 12.7. The van der Waals surface area contributed by atoms with Crippen molar-refractivity contribution < 1.29 is 9.13 Å². The summed E-state index contributed by atoms with van der Waals surface area (Å²) in [6.07, 6.45) is 3.50. The lowest BCUT2D eigenvalue weighted by atomic mass is 9.97. The van der Waals surface area contributed by atoms with Crippen molar-refractivity contribution in [2.45, 2.75) is 13.8 Å². The molecule has 0 atom stereocenters. The van der Waals surface area contributed by atoms with E-state index in [1.807, 2.05) is 31.2 Å². The molecule has 0 saturated heterocycles. The summed E-state index contributed by atoms with van der Waals surface area (Å²) < 4.78 is 19.3.